The molecular formula is C40H59FN2O9. The first kappa shape index (κ1) is 41.6. The molecule has 1 unspecified atom stereocenters. The van der Waals surface area contributed by atoms with E-state index in [2.05, 4.69) is 12.2 Å². The van der Waals surface area contributed by atoms with Gasteiger partial charge in [0.2, 0.25) is 0 Å². The number of hydrogen-bond acceptors (Lipinski definition) is 10. The average molecular weight is 731 g/mol. The number of carbonyl (C=O) groups excluding carboxylic acids is 4. The largest absolute Gasteiger partial charge is 0.455 e. The number of Topliss-reactive ketones (excluding diaryl/α,β-unsaturated/α-hetero) is 2. The van der Waals surface area contributed by atoms with Gasteiger partial charge in [0.1, 0.15) is 11.9 Å². The van der Waals surface area contributed by atoms with Crippen LogP contribution in [0.2, 0.25) is 0 Å². The molecule has 1 aromatic rings. The Morgan fingerprint density at radius 2 is 1.67 bits per heavy atom. The van der Waals surface area contributed by atoms with Crippen LogP contribution in [-0.2, 0) is 33.3 Å². The van der Waals surface area contributed by atoms with Crippen LogP contribution in [0, 0.1) is 23.7 Å². The molecule has 1 amide bonds. The van der Waals surface area contributed by atoms with Crippen molar-refractivity contribution in [3.63, 3.8) is 0 Å². The summed E-state index contributed by atoms with van der Waals surface area (Å²) in [6.45, 7) is 12.9. The van der Waals surface area contributed by atoms with E-state index in [0.717, 1.165) is 18.9 Å². The summed E-state index contributed by atoms with van der Waals surface area (Å²) in [6, 6.07) is 8.43. The van der Waals surface area contributed by atoms with Gasteiger partial charge in [-0.1, -0.05) is 77.1 Å². The maximum Gasteiger partial charge on any atom is 0.408 e. The fourth-order valence-electron chi connectivity index (χ4n) is 8.59. The summed E-state index contributed by atoms with van der Waals surface area (Å²) < 4.78 is 41.6. The van der Waals surface area contributed by atoms with Gasteiger partial charge in [0.15, 0.2) is 11.4 Å². The Morgan fingerprint density at radius 1 is 1.02 bits per heavy atom. The minimum Gasteiger partial charge on any atom is -0.455 e. The standard InChI is InChI=1S/C40H59FN2O9/c1-11-30-40(8)33(42-37(48)52-40)25(4)31(44)24(3)22-38(6,49-19-15-18-27-16-13-12-14-17-27)35(26(5)34(46)39(7,41)36(47)51-30)50-29-21-23(2)20-28(32(29)45)43(9)10/h12-18,23-26,28-30,32-33,35,45H,11,19-22H2,1-10H3,(H,42,48)/b18-15+/t23-,24-,25-,26+,28+,29-,30+,32-,33-,35-,38+,39?,40-/m1/s1. The van der Waals surface area contributed by atoms with Gasteiger partial charge in [-0.25, -0.2) is 14.0 Å². The van der Waals surface area contributed by atoms with Gasteiger partial charge in [-0.2, -0.15) is 0 Å². The van der Waals surface area contributed by atoms with Crippen LogP contribution in [-0.4, -0.2) is 108 Å². The molecule has 0 spiro atoms. The van der Waals surface area contributed by atoms with Crippen molar-refractivity contribution in [2.45, 2.75) is 134 Å². The summed E-state index contributed by atoms with van der Waals surface area (Å²) >= 11 is 0. The van der Waals surface area contributed by atoms with Gasteiger partial charge in [0.25, 0.3) is 5.67 Å². The molecule has 1 aliphatic carbocycles. The molecular weight excluding hydrogens is 671 g/mol. The number of likely N-dealkylation sites (N-methyl/N-ethyl adjacent to an activating group) is 1. The first-order valence-electron chi connectivity index (χ1n) is 18.6. The molecule has 2 N–H and O–H groups in total. The molecule has 2 heterocycles. The molecule has 0 aromatic heterocycles. The van der Waals surface area contributed by atoms with E-state index in [1.807, 2.05) is 61.5 Å². The quantitative estimate of drug-likeness (QED) is 0.267. The fraction of sp³-hybridized carbons (Fsp3) is 0.700. The van der Waals surface area contributed by atoms with Crippen LogP contribution in [0.15, 0.2) is 36.4 Å². The molecule has 13 atom stereocenters. The third-order valence-electron chi connectivity index (χ3n) is 11.6. The number of alkyl halides is 1. The Kier molecular flexibility index (Phi) is 13.1. The molecule has 1 aromatic carbocycles. The number of esters is 1. The molecule has 1 saturated carbocycles. The van der Waals surface area contributed by atoms with Gasteiger partial charge in [-0.15, -0.1) is 0 Å². The third kappa shape index (κ3) is 8.61. The molecule has 2 saturated heterocycles. The number of fused-ring (bicyclic) bond motifs is 1. The number of rotatable bonds is 8. The van der Waals surface area contributed by atoms with E-state index in [1.165, 1.54) is 6.92 Å². The van der Waals surface area contributed by atoms with Crippen LogP contribution in [0.3, 0.4) is 0 Å². The van der Waals surface area contributed by atoms with E-state index in [0.29, 0.717) is 6.42 Å². The number of aliphatic hydroxyl groups excluding tert-OH is 1. The van der Waals surface area contributed by atoms with Crippen molar-refractivity contribution in [3.05, 3.63) is 42.0 Å². The number of halogens is 1. The molecule has 52 heavy (non-hydrogen) atoms. The zero-order chi connectivity index (χ0) is 38.8. The van der Waals surface area contributed by atoms with Crippen molar-refractivity contribution >= 4 is 29.7 Å². The Balaban J connectivity index is 1.84. The zero-order valence-electron chi connectivity index (χ0n) is 32.4. The van der Waals surface area contributed by atoms with E-state index < -0.39 is 82.9 Å². The number of hydrogen-bond donors (Lipinski definition) is 2. The lowest BCUT2D eigenvalue weighted by atomic mass is 9.73. The first-order valence-corrected chi connectivity index (χ1v) is 18.6. The minimum atomic E-state index is -3.13. The monoisotopic (exact) mass is 730 g/mol. The highest BCUT2D eigenvalue weighted by atomic mass is 19.1. The van der Waals surface area contributed by atoms with Crippen LogP contribution in [0.1, 0.15) is 86.6 Å². The summed E-state index contributed by atoms with van der Waals surface area (Å²) in [5, 5.41) is 14.3. The van der Waals surface area contributed by atoms with E-state index in [-0.39, 0.29) is 37.2 Å². The first-order chi connectivity index (χ1) is 24.3. The highest BCUT2D eigenvalue weighted by molar-refractivity contribution is 6.08. The van der Waals surface area contributed by atoms with Crippen LogP contribution in [0.5, 0.6) is 0 Å². The van der Waals surface area contributed by atoms with Gasteiger partial charge in [-0.3, -0.25) is 9.59 Å². The minimum absolute atomic E-state index is 0.0377. The SMILES string of the molecule is CC[C@@H]1OC(=O)C(C)(F)C(=O)[C@H](C)[C@@H](O[C@@H]2C[C@H](C)C[C@H](N(C)C)[C@H]2O)[C@@](C)(OC/C=C/c2ccccc2)C[C@@H](C)C(=O)[C@@H](C)[C@H]2NC(=O)O[C@]12C. The summed E-state index contributed by atoms with van der Waals surface area (Å²) in [5.41, 5.74) is -5.15. The van der Waals surface area contributed by atoms with E-state index in [1.54, 1.807) is 34.6 Å². The maximum absolute atomic E-state index is 16.8. The fourth-order valence-corrected chi connectivity index (χ4v) is 8.59. The summed E-state index contributed by atoms with van der Waals surface area (Å²) in [5.74, 6) is -5.43. The van der Waals surface area contributed by atoms with Crippen molar-refractivity contribution in [2.24, 2.45) is 23.7 Å². The van der Waals surface area contributed by atoms with Crippen molar-refractivity contribution in [1.29, 1.82) is 0 Å². The maximum atomic E-state index is 16.8. The third-order valence-corrected chi connectivity index (χ3v) is 11.6. The highest BCUT2D eigenvalue weighted by Gasteiger charge is 2.59. The zero-order valence-corrected chi connectivity index (χ0v) is 32.4. The van der Waals surface area contributed by atoms with Gasteiger partial charge in [0, 0.05) is 23.8 Å². The Bertz CT molecular complexity index is 1470. The highest BCUT2D eigenvalue weighted by Crippen LogP contribution is 2.42. The van der Waals surface area contributed by atoms with Crippen molar-refractivity contribution in [3.8, 4) is 0 Å². The number of aliphatic hydroxyl groups is 1. The van der Waals surface area contributed by atoms with Crippen LogP contribution in [0.25, 0.3) is 6.08 Å². The lowest BCUT2D eigenvalue weighted by Crippen LogP contribution is -2.61. The van der Waals surface area contributed by atoms with E-state index in [4.69, 9.17) is 18.9 Å². The molecule has 3 fully saturated rings. The lowest BCUT2D eigenvalue weighted by Gasteiger charge is -2.47. The van der Waals surface area contributed by atoms with Crippen molar-refractivity contribution in [2.75, 3.05) is 20.7 Å². The number of amides is 1. The van der Waals surface area contributed by atoms with E-state index >= 15 is 4.39 Å². The predicted octanol–water partition coefficient (Wildman–Crippen LogP) is 5.32. The second-order valence-electron chi connectivity index (χ2n) is 16.1. The second-order valence-corrected chi connectivity index (χ2v) is 16.1. The molecule has 3 aliphatic rings. The average Bonchev–Trinajstić information content (AvgIpc) is 3.41. The number of alkyl carbamates (subject to hydrolysis) is 1. The van der Waals surface area contributed by atoms with Crippen LogP contribution in [0.4, 0.5) is 9.18 Å². The molecule has 290 valence electrons. The summed E-state index contributed by atoms with van der Waals surface area (Å²) in [6.07, 6.45) is 0.134. The molecule has 11 nitrogen and oxygen atoms in total. The van der Waals surface area contributed by atoms with E-state index in [9.17, 15) is 24.3 Å². The topological polar surface area (TPSA) is 141 Å². The normalized spacial score (nSPS) is 40.9. The van der Waals surface area contributed by atoms with Gasteiger partial charge >= 0.3 is 12.1 Å². The summed E-state index contributed by atoms with van der Waals surface area (Å²) in [4.78, 5) is 56.9. The van der Waals surface area contributed by atoms with Crippen molar-refractivity contribution < 1.29 is 47.6 Å². The smallest absolute Gasteiger partial charge is 0.408 e. The second kappa shape index (κ2) is 16.4. The van der Waals surface area contributed by atoms with Gasteiger partial charge in [0.05, 0.1) is 36.6 Å². The molecule has 4 rings (SSSR count). The van der Waals surface area contributed by atoms with Gasteiger partial charge < -0.3 is 34.3 Å². The number of benzene rings is 1. The number of nitrogens with one attached hydrogen (secondary N) is 1. The van der Waals surface area contributed by atoms with Gasteiger partial charge in [-0.05, 0) is 72.0 Å². The summed E-state index contributed by atoms with van der Waals surface area (Å²) in [7, 11) is 3.76. The Labute approximate surface area is 308 Å². The predicted molar refractivity (Wildman–Crippen MR) is 194 cm³/mol. The van der Waals surface area contributed by atoms with Crippen LogP contribution >= 0.6 is 0 Å². The molecule has 0 bridgehead atoms. The van der Waals surface area contributed by atoms with Crippen LogP contribution < -0.4 is 5.32 Å². The number of ether oxygens (including phenoxy) is 4. The number of cyclic esters (lactones) is 1. The number of carbonyl (C=O) groups is 4. The number of nitrogens with zero attached hydrogens (tertiary/aromatic N) is 1. The lowest BCUT2D eigenvalue weighted by molar-refractivity contribution is -0.212. The van der Waals surface area contributed by atoms with Crippen molar-refractivity contribution in [1.82, 2.24) is 10.2 Å². The Morgan fingerprint density at radius 3 is 2.29 bits per heavy atom. The molecule has 12 heteroatoms. The molecule has 2 aliphatic heterocycles. The Hall–Kier alpha value is -3.19. The number of ketones is 2. The molecule has 0 radical (unpaired) electrons.